The van der Waals surface area contributed by atoms with Gasteiger partial charge >= 0.3 is 0 Å². The van der Waals surface area contributed by atoms with E-state index < -0.39 is 5.82 Å². The third kappa shape index (κ3) is 2.89. The van der Waals surface area contributed by atoms with Crippen molar-refractivity contribution in [2.24, 2.45) is 0 Å². The monoisotopic (exact) mass is 358 g/mol. The van der Waals surface area contributed by atoms with Gasteiger partial charge in [0.1, 0.15) is 5.82 Å². The standard InChI is InChI=1S/C19H16ClFN2O2/c20-15-8-11(3-6-16(15)21)14-10-18(24)22-17-9-12(4-5-13(14)17)23-7-1-2-19(23)25/h3-6,8-9,14H,1-2,7,10H2,(H,22,24). The number of nitrogens with zero attached hydrogens (tertiary/aromatic N) is 1. The lowest BCUT2D eigenvalue weighted by Gasteiger charge is -2.28. The van der Waals surface area contributed by atoms with E-state index in [2.05, 4.69) is 5.32 Å². The zero-order valence-electron chi connectivity index (χ0n) is 13.4. The number of hydrogen-bond donors (Lipinski definition) is 1. The van der Waals surface area contributed by atoms with Crippen molar-refractivity contribution in [2.75, 3.05) is 16.8 Å². The van der Waals surface area contributed by atoms with Crippen molar-refractivity contribution in [3.8, 4) is 0 Å². The molecule has 1 N–H and O–H groups in total. The van der Waals surface area contributed by atoms with Gasteiger partial charge in [-0.3, -0.25) is 9.59 Å². The van der Waals surface area contributed by atoms with E-state index in [0.717, 1.165) is 23.2 Å². The second-order valence-corrected chi connectivity index (χ2v) is 6.81. The van der Waals surface area contributed by atoms with Crippen molar-refractivity contribution in [3.05, 3.63) is 58.4 Å². The molecule has 128 valence electrons. The summed E-state index contributed by atoms with van der Waals surface area (Å²) in [7, 11) is 0. The van der Waals surface area contributed by atoms with Crippen molar-refractivity contribution in [1.29, 1.82) is 0 Å². The lowest BCUT2D eigenvalue weighted by Crippen LogP contribution is -2.26. The summed E-state index contributed by atoms with van der Waals surface area (Å²) in [4.78, 5) is 25.9. The minimum Gasteiger partial charge on any atom is -0.326 e. The first-order valence-electron chi connectivity index (χ1n) is 8.22. The van der Waals surface area contributed by atoms with Crippen LogP contribution in [0.1, 0.15) is 36.3 Å². The molecule has 2 amide bonds. The Bertz CT molecular complexity index is 884. The second kappa shape index (κ2) is 6.15. The first-order chi connectivity index (χ1) is 12.0. The van der Waals surface area contributed by atoms with Crippen LogP contribution in [0, 0.1) is 5.82 Å². The number of carbonyl (C=O) groups is 2. The zero-order chi connectivity index (χ0) is 17.6. The van der Waals surface area contributed by atoms with Crippen molar-refractivity contribution < 1.29 is 14.0 Å². The van der Waals surface area contributed by atoms with Gasteiger partial charge in [-0.1, -0.05) is 23.7 Å². The molecule has 2 aromatic carbocycles. The minimum absolute atomic E-state index is 0.0457. The normalized spacial score (nSPS) is 19.8. The third-order valence-corrected chi connectivity index (χ3v) is 5.10. The highest BCUT2D eigenvalue weighted by Crippen LogP contribution is 2.40. The SMILES string of the molecule is O=C1CC(c2ccc(F)c(Cl)c2)c2ccc(N3CCCC3=O)cc2N1. The number of nitrogens with one attached hydrogen (secondary N) is 1. The molecule has 0 bridgehead atoms. The number of amides is 2. The molecule has 1 fully saturated rings. The second-order valence-electron chi connectivity index (χ2n) is 6.40. The quantitative estimate of drug-likeness (QED) is 0.879. The number of carbonyl (C=O) groups excluding carboxylic acids is 2. The molecule has 0 saturated carbocycles. The van der Waals surface area contributed by atoms with Crippen LogP contribution < -0.4 is 10.2 Å². The lowest BCUT2D eigenvalue weighted by atomic mass is 9.84. The van der Waals surface area contributed by atoms with Gasteiger partial charge < -0.3 is 10.2 Å². The Balaban J connectivity index is 1.74. The molecule has 1 unspecified atom stereocenters. The summed E-state index contributed by atoms with van der Waals surface area (Å²) in [5, 5.41) is 2.93. The van der Waals surface area contributed by atoms with Gasteiger partial charge in [0.25, 0.3) is 0 Å². The van der Waals surface area contributed by atoms with E-state index in [1.807, 2.05) is 18.2 Å². The van der Waals surface area contributed by atoms with E-state index in [0.29, 0.717) is 18.7 Å². The van der Waals surface area contributed by atoms with Gasteiger partial charge in [-0.15, -0.1) is 0 Å². The van der Waals surface area contributed by atoms with Gasteiger partial charge in [-0.05, 0) is 41.8 Å². The molecular formula is C19H16ClFN2O2. The average molecular weight is 359 g/mol. The smallest absolute Gasteiger partial charge is 0.227 e. The highest BCUT2D eigenvalue weighted by Gasteiger charge is 2.29. The van der Waals surface area contributed by atoms with E-state index in [-0.39, 0.29) is 29.2 Å². The van der Waals surface area contributed by atoms with E-state index >= 15 is 0 Å². The minimum atomic E-state index is -0.478. The molecule has 2 aliphatic rings. The summed E-state index contributed by atoms with van der Waals surface area (Å²) >= 11 is 5.90. The molecule has 0 aromatic heterocycles. The summed E-state index contributed by atoms with van der Waals surface area (Å²) < 4.78 is 13.5. The molecule has 4 nitrogen and oxygen atoms in total. The van der Waals surface area contributed by atoms with Gasteiger partial charge in [-0.25, -0.2) is 4.39 Å². The Morgan fingerprint density at radius 1 is 1.16 bits per heavy atom. The number of anilines is 2. The zero-order valence-corrected chi connectivity index (χ0v) is 14.1. The summed E-state index contributed by atoms with van der Waals surface area (Å²) in [5.74, 6) is -0.675. The van der Waals surface area contributed by atoms with Crippen LogP contribution in [0.4, 0.5) is 15.8 Å². The van der Waals surface area contributed by atoms with Crippen LogP contribution in [-0.2, 0) is 9.59 Å². The lowest BCUT2D eigenvalue weighted by molar-refractivity contribution is -0.117. The number of benzene rings is 2. The summed E-state index contributed by atoms with van der Waals surface area (Å²) in [6, 6.07) is 10.2. The van der Waals surface area contributed by atoms with E-state index in [4.69, 9.17) is 11.6 Å². The van der Waals surface area contributed by atoms with Crippen LogP contribution in [0.5, 0.6) is 0 Å². The van der Waals surface area contributed by atoms with Crippen molar-refractivity contribution >= 4 is 34.8 Å². The Labute approximate surface area is 149 Å². The first-order valence-corrected chi connectivity index (χ1v) is 8.60. The molecule has 4 rings (SSSR count). The third-order valence-electron chi connectivity index (χ3n) is 4.81. The molecule has 6 heteroatoms. The molecule has 25 heavy (non-hydrogen) atoms. The van der Waals surface area contributed by atoms with Gasteiger partial charge in [-0.2, -0.15) is 0 Å². The van der Waals surface area contributed by atoms with Crippen LogP contribution in [0.2, 0.25) is 5.02 Å². The summed E-state index contributed by atoms with van der Waals surface area (Å²) in [6.45, 7) is 0.697. The summed E-state index contributed by atoms with van der Waals surface area (Å²) in [5.41, 5.74) is 3.23. The largest absolute Gasteiger partial charge is 0.326 e. The van der Waals surface area contributed by atoms with Crippen LogP contribution in [0.15, 0.2) is 36.4 Å². The topological polar surface area (TPSA) is 49.4 Å². The highest BCUT2D eigenvalue weighted by molar-refractivity contribution is 6.30. The Morgan fingerprint density at radius 2 is 2.00 bits per heavy atom. The number of rotatable bonds is 2. The average Bonchev–Trinajstić information content (AvgIpc) is 3.02. The van der Waals surface area contributed by atoms with Gasteiger partial charge in [0, 0.05) is 36.7 Å². The molecule has 2 aliphatic heterocycles. The van der Waals surface area contributed by atoms with Gasteiger partial charge in [0.15, 0.2) is 0 Å². The molecule has 0 spiro atoms. The molecular weight excluding hydrogens is 343 g/mol. The molecule has 1 saturated heterocycles. The molecule has 2 heterocycles. The Hall–Kier alpha value is -2.40. The Morgan fingerprint density at radius 3 is 2.72 bits per heavy atom. The number of halogens is 2. The molecule has 1 atom stereocenters. The first kappa shape index (κ1) is 16.1. The van der Waals surface area contributed by atoms with Crippen LogP contribution in [0.25, 0.3) is 0 Å². The van der Waals surface area contributed by atoms with Crippen molar-refractivity contribution in [1.82, 2.24) is 0 Å². The van der Waals surface area contributed by atoms with Crippen LogP contribution >= 0.6 is 11.6 Å². The maximum Gasteiger partial charge on any atom is 0.227 e. The van der Waals surface area contributed by atoms with E-state index in [9.17, 15) is 14.0 Å². The maximum atomic E-state index is 13.5. The fraction of sp³-hybridized carbons (Fsp3) is 0.263. The van der Waals surface area contributed by atoms with Crippen molar-refractivity contribution in [3.63, 3.8) is 0 Å². The molecule has 0 aliphatic carbocycles. The molecule has 0 radical (unpaired) electrons. The van der Waals surface area contributed by atoms with Crippen LogP contribution in [0.3, 0.4) is 0 Å². The number of fused-ring (bicyclic) bond motifs is 1. The molecule has 2 aromatic rings. The van der Waals surface area contributed by atoms with E-state index in [1.54, 1.807) is 17.0 Å². The predicted molar refractivity (Wildman–Crippen MR) is 94.5 cm³/mol. The fourth-order valence-electron chi connectivity index (χ4n) is 3.57. The van der Waals surface area contributed by atoms with E-state index in [1.165, 1.54) is 6.07 Å². The maximum absolute atomic E-state index is 13.5. The predicted octanol–water partition coefficient (Wildman–Crippen LogP) is 4.08. The van der Waals surface area contributed by atoms with Gasteiger partial charge in [0.05, 0.1) is 5.02 Å². The Kier molecular flexibility index (Phi) is 3.96. The van der Waals surface area contributed by atoms with Crippen LogP contribution in [-0.4, -0.2) is 18.4 Å². The highest BCUT2D eigenvalue weighted by atomic mass is 35.5. The number of hydrogen-bond acceptors (Lipinski definition) is 2. The van der Waals surface area contributed by atoms with Gasteiger partial charge in [0.2, 0.25) is 11.8 Å². The van der Waals surface area contributed by atoms with Crippen molar-refractivity contribution in [2.45, 2.75) is 25.2 Å². The summed E-state index contributed by atoms with van der Waals surface area (Å²) in [6.07, 6.45) is 1.68. The fourth-order valence-corrected chi connectivity index (χ4v) is 3.76.